The van der Waals surface area contributed by atoms with E-state index in [0.29, 0.717) is 10.7 Å². The van der Waals surface area contributed by atoms with Gasteiger partial charge in [0.25, 0.3) is 0 Å². The number of benzene rings is 1. The van der Waals surface area contributed by atoms with Crippen molar-refractivity contribution in [1.82, 2.24) is 10.2 Å². The molecule has 5 nitrogen and oxygen atoms in total. The predicted octanol–water partition coefficient (Wildman–Crippen LogP) is 3.15. The highest BCUT2D eigenvalue weighted by molar-refractivity contribution is 7.10. The van der Waals surface area contributed by atoms with Crippen molar-refractivity contribution in [3.8, 4) is 0 Å². The molecule has 0 saturated heterocycles. The zero-order valence-electron chi connectivity index (χ0n) is 13.6. The molecule has 1 aromatic heterocycles. The van der Waals surface area contributed by atoms with Crippen LogP contribution in [0.2, 0.25) is 5.02 Å². The van der Waals surface area contributed by atoms with E-state index in [1.807, 2.05) is 24.4 Å². The minimum absolute atomic E-state index is 0.0390. The van der Waals surface area contributed by atoms with E-state index in [1.54, 1.807) is 47.5 Å². The number of thiophene rings is 1. The van der Waals surface area contributed by atoms with Crippen molar-refractivity contribution in [1.29, 1.82) is 0 Å². The van der Waals surface area contributed by atoms with Crippen LogP contribution in [0.15, 0.2) is 41.8 Å². The Morgan fingerprint density at radius 3 is 2.54 bits per heavy atom. The van der Waals surface area contributed by atoms with Gasteiger partial charge in [-0.2, -0.15) is 0 Å². The van der Waals surface area contributed by atoms with Gasteiger partial charge in [-0.15, -0.1) is 11.3 Å². The summed E-state index contributed by atoms with van der Waals surface area (Å²) in [4.78, 5) is 26.8. The Morgan fingerprint density at radius 1 is 1.17 bits per heavy atom. The van der Waals surface area contributed by atoms with Crippen LogP contribution in [0.3, 0.4) is 0 Å². The molecule has 128 valence electrons. The van der Waals surface area contributed by atoms with Gasteiger partial charge in [-0.1, -0.05) is 29.8 Å². The minimum atomic E-state index is -0.218. The van der Waals surface area contributed by atoms with Crippen molar-refractivity contribution in [3.63, 3.8) is 0 Å². The first kappa shape index (κ1) is 18.4. The number of anilines is 1. The predicted molar refractivity (Wildman–Crippen MR) is 98.5 cm³/mol. The third-order valence-electron chi connectivity index (χ3n) is 3.32. The van der Waals surface area contributed by atoms with Gasteiger partial charge >= 0.3 is 0 Å². The largest absolute Gasteiger partial charge is 0.348 e. The third-order valence-corrected chi connectivity index (χ3v) is 4.71. The molecule has 1 heterocycles. The number of para-hydroxylation sites is 1. The van der Waals surface area contributed by atoms with E-state index in [1.165, 1.54) is 0 Å². The molecule has 0 aliphatic heterocycles. The summed E-state index contributed by atoms with van der Waals surface area (Å²) in [6.45, 7) is 2.19. The monoisotopic (exact) mass is 365 g/mol. The molecule has 0 fully saturated rings. The topological polar surface area (TPSA) is 61.4 Å². The van der Waals surface area contributed by atoms with E-state index >= 15 is 0 Å². The first-order chi connectivity index (χ1) is 11.5. The number of carbonyl (C=O) groups excluding carboxylic acids is 2. The van der Waals surface area contributed by atoms with Crippen molar-refractivity contribution in [2.45, 2.75) is 13.0 Å². The average molecular weight is 366 g/mol. The van der Waals surface area contributed by atoms with E-state index in [-0.39, 0.29) is 30.9 Å². The molecule has 1 unspecified atom stereocenters. The summed E-state index contributed by atoms with van der Waals surface area (Å²) in [5.74, 6) is -0.339. The molecule has 0 radical (unpaired) electrons. The highest BCUT2D eigenvalue weighted by Gasteiger charge is 2.14. The smallest absolute Gasteiger partial charge is 0.238 e. The maximum absolute atomic E-state index is 12.1. The molecule has 2 amide bonds. The number of likely N-dealkylation sites (N-methyl/N-ethyl adjacent to an activating group) is 1. The van der Waals surface area contributed by atoms with Crippen LogP contribution < -0.4 is 10.6 Å². The van der Waals surface area contributed by atoms with E-state index in [0.717, 1.165) is 4.88 Å². The van der Waals surface area contributed by atoms with Crippen LogP contribution >= 0.6 is 22.9 Å². The number of nitrogens with one attached hydrogen (secondary N) is 2. The molecule has 7 heteroatoms. The fourth-order valence-electron chi connectivity index (χ4n) is 2.19. The van der Waals surface area contributed by atoms with Gasteiger partial charge in [0, 0.05) is 4.88 Å². The van der Waals surface area contributed by atoms with Crippen LogP contribution in [0, 0.1) is 0 Å². The van der Waals surface area contributed by atoms with Crippen molar-refractivity contribution < 1.29 is 9.59 Å². The Kier molecular flexibility index (Phi) is 6.78. The fourth-order valence-corrected chi connectivity index (χ4v) is 3.11. The number of carbonyl (C=O) groups is 2. The van der Waals surface area contributed by atoms with Gasteiger partial charge in [0.05, 0.1) is 29.8 Å². The second-order valence-corrected chi connectivity index (χ2v) is 6.89. The van der Waals surface area contributed by atoms with Crippen molar-refractivity contribution >= 4 is 40.4 Å². The molecule has 0 saturated carbocycles. The second-order valence-electron chi connectivity index (χ2n) is 5.50. The maximum Gasteiger partial charge on any atom is 0.238 e. The highest BCUT2D eigenvalue weighted by atomic mass is 35.5. The summed E-state index contributed by atoms with van der Waals surface area (Å²) in [6, 6.07) is 10.9. The Balaban J connectivity index is 1.77. The molecule has 1 atom stereocenters. The standard InChI is InChI=1S/C17H20ClN3O2S/c1-12(15-8-5-9-24-15)19-16(22)10-21(2)11-17(23)20-14-7-4-3-6-13(14)18/h3-9,12H,10-11H2,1-2H3,(H,19,22)(H,20,23). The third kappa shape index (κ3) is 5.63. The molecular formula is C17H20ClN3O2S. The number of halogens is 1. The first-order valence-corrected chi connectivity index (χ1v) is 8.77. The lowest BCUT2D eigenvalue weighted by Crippen LogP contribution is -2.39. The SMILES string of the molecule is CC(NC(=O)CN(C)CC(=O)Nc1ccccc1Cl)c1cccs1. The summed E-state index contributed by atoms with van der Waals surface area (Å²) in [7, 11) is 1.72. The molecule has 0 spiro atoms. The molecular weight excluding hydrogens is 346 g/mol. The van der Waals surface area contributed by atoms with Crippen LogP contribution in [0.25, 0.3) is 0 Å². The number of rotatable bonds is 7. The van der Waals surface area contributed by atoms with Gasteiger partial charge in [-0.05, 0) is 37.6 Å². The highest BCUT2D eigenvalue weighted by Crippen LogP contribution is 2.20. The first-order valence-electron chi connectivity index (χ1n) is 7.51. The van der Waals surface area contributed by atoms with Crippen LogP contribution in [0.1, 0.15) is 17.8 Å². The van der Waals surface area contributed by atoms with Crippen LogP contribution in [0.4, 0.5) is 5.69 Å². The lowest BCUT2D eigenvalue weighted by atomic mass is 10.2. The molecule has 1 aromatic carbocycles. The van der Waals surface area contributed by atoms with Gasteiger partial charge in [0.2, 0.25) is 11.8 Å². The summed E-state index contributed by atoms with van der Waals surface area (Å²) in [5, 5.41) is 8.11. The lowest BCUT2D eigenvalue weighted by Gasteiger charge is -2.18. The quantitative estimate of drug-likeness (QED) is 0.792. The fraction of sp³-hybridized carbons (Fsp3) is 0.294. The number of nitrogens with zero attached hydrogens (tertiary/aromatic N) is 1. The summed E-state index contributed by atoms with van der Waals surface area (Å²) in [5.41, 5.74) is 0.563. The normalized spacial score (nSPS) is 12.0. The van der Waals surface area contributed by atoms with Crippen molar-refractivity contribution in [2.24, 2.45) is 0 Å². The summed E-state index contributed by atoms with van der Waals surface area (Å²) >= 11 is 7.60. The second kappa shape index (κ2) is 8.82. The van der Waals surface area contributed by atoms with Crippen molar-refractivity contribution in [2.75, 3.05) is 25.5 Å². The number of amides is 2. The van der Waals surface area contributed by atoms with E-state index < -0.39 is 0 Å². The van der Waals surface area contributed by atoms with Crippen LogP contribution in [0.5, 0.6) is 0 Å². The zero-order chi connectivity index (χ0) is 17.5. The molecule has 0 bridgehead atoms. The lowest BCUT2D eigenvalue weighted by molar-refractivity contribution is -0.123. The van der Waals surface area contributed by atoms with Crippen molar-refractivity contribution in [3.05, 3.63) is 51.7 Å². The van der Waals surface area contributed by atoms with E-state index in [9.17, 15) is 9.59 Å². The summed E-state index contributed by atoms with van der Waals surface area (Å²) < 4.78 is 0. The number of hydrogen-bond donors (Lipinski definition) is 2. The Bertz CT molecular complexity index is 691. The molecule has 0 aliphatic carbocycles. The van der Waals surface area contributed by atoms with E-state index in [4.69, 9.17) is 11.6 Å². The Morgan fingerprint density at radius 2 is 1.88 bits per heavy atom. The summed E-state index contributed by atoms with van der Waals surface area (Å²) in [6.07, 6.45) is 0. The molecule has 2 N–H and O–H groups in total. The molecule has 2 aromatic rings. The molecule has 0 aliphatic rings. The minimum Gasteiger partial charge on any atom is -0.348 e. The van der Waals surface area contributed by atoms with Crippen LogP contribution in [-0.2, 0) is 9.59 Å². The maximum atomic E-state index is 12.1. The van der Waals surface area contributed by atoms with Gasteiger partial charge in [-0.3, -0.25) is 14.5 Å². The number of hydrogen-bond acceptors (Lipinski definition) is 4. The van der Waals surface area contributed by atoms with Gasteiger partial charge < -0.3 is 10.6 Å². The van der Waals surface area contributed by atoms with E-state index in [2.05, 4.69) is 10.6 Å². The van der Waals surface area contributed by atoms with Gasteiger partial charge in [-0.25, -0.2) is 0 Å². The Hall–Kier alpha value is -1.89. The molecule has 24 heavy (non-hydrogen) atoms. The Labute approximate surface area is 150 Å². The van der Waals surface area contributed by atoms with Gasteiger partial charge in [0.1, 0.15) is 0 Å². The zero-order valence-corrected chi connectivity index (χ0v) is 15.2. The molecule has 2 rings (SSSR count). The van der Waals surface area contributed by atoms with Gasteiger partial charge in [0.15, 0.2) is 0 Å². The van der Waals surface area contributed by atoms with Crippen LogP contribution in [-0.4, -0.2) is 36.9 Å². The average Bonchev–Trinajstić information content (AvgIpc) is 3.03.